The van der Waals surface area contributed by atoms with E-state index >= 15 is 0 Å². The normalized spacial score (nSPS) is 10.3. The number of nitrogens with one attached hydrogen (secondary N) is 2. The molecule has 0 aliphatic carbocycles. The Morgan fingerprint density at radius 3 is 2.30 bits per heavy atom. The van der Waals surface area contributed by atoms with E-state index < -0.39 is 0 Å². The number of aromatic nitrogens is 2. The second-order valence-electron chi connectivity index (χ2n) is 4.16. The molecule has 1 aromatic heterocycles. The molecule has 0 amide bonds. The molecule has 0 fully saturated rings. The lowest BCUT2D eigenvalue weighted by molar-refractivity contribution is 0.347. The molecule has 108 valence electrons. The van der Waals surface area contributed by atoms with E-state index in [9.17, 15) is 0 Å². The van der Waals surface area contributed by atoms with E-state index in [1.165, 1.54) is 0 Å². The zero-order valence-corrected chi connectivity index (χ0v) is 11.9. The Labute approximate surface area is 118 Å². The van der Waals surface area contributed by atoms with Crippen LogP contribution in [0.25, 0.3) is 0 Å². The van der Waals surface area contributed by atoms with Crippen molar-refractivity contribution in [1.29, 1.82) is 0 Å². The number of methoxy groups -OCH3 is 3. The lowest BCUT2D eigenvalue weighted by atomic mass is 10.1. The first-order valence-electron chi connectivity index (χ1n) is 6.26. The fourth-order valence-electron chi connectivity index (χ4n) is 1.94. The Hall–Kier alpha value is -2.21. The van der Waals surface area contributed by atoms with Gasteiger partial charge in [0.1, 0.15) is 11.6 Å². The highest BCUT2D eigenvalue weighted by Gasteiger charge is 2.11. The number of nitrogens with zero attached hydrogens (tertiary/aromatic N) is 1. The summed E-state index contributed by atoms with van der Waals surface area (Å²) >= 11 is 0. The first-order valence-corrected chi connectivity index (χ1v) is 6.26. The lowest BCUT2D eigenvalue weighted by Crippen LogP contribution is -2.14. The molecular weight excluding hydrogens is 258 g/mol. The largest absolute Gasteiger partial charge is 0.496 e. The maximum atomic E-state index is 5.38. The van der Waals surface area contributed by atoms with Gasteiger partial charge in [0, 0.05) is 30.6 Å². The average Bonchev–Trinajstić information content (AvgIpc) is 2.99. The van der Waals surface area contributed by atoms with Gasteiger partial charge in [-0.25, -0.2) is 4.98 Å². The van der Waals surface area contributed by atoms with Gasteiger partial charge in [0.05, 0.1) is 27.9 Å². The van der Waals surface area contributed by atoms with Crippen molar-refractivity contribution in [2.75, 3.05) is 21.3 Å². The number of ether oxygens (including phenoxy) is 3. The molecule has 0 unspecified atom stereocenters. The molecule has 6 nitrogen and oxygen atoms in total. The molecular formula is C14H19N3O3. The van der Waals surface area contributed by atoms with Crippen LogP contribution in [0.1, 0.15) is 11.4 Å². The second-order valence-corrected chi connectivity index (χ2v) is 4.16. The summed E-state index contributed by atoms with van der Waals surface area (Å²) in [5.74, 6) is 2.99. The molecule has 1 aromatic carbocycles. The smallest absolute Gasteiger partial charge is 0.164 e. The number of benzene rings is 1. The second kappa shape index (κ2) is 6.81. The minimum Gasteiger partial charge on any atom is -0.496 e. The first kappa shape index (κ1) is 14.2. The number of imidazole rings is 1. The highest BCUT2D eigenvalue weighted by molar-refractivity contribution is 5.50. The van der Waals surface area contributed by atoms with Crippen LogP contribution in [0.5, 0.6) is 17.2 Å². The summed E-state index contributed by atoms with van der Waals surface area (Å²) in [6, 6.07) is 3.73. The Balaban J connectivity index is 2.09. The number of aromatic amines is 1. The van der Waals surface area contributed by atoms with E-state index in [-0.39, 0.29) is 0 Å². The molecule has 0 saturated carbocycles. The molecule has 0 spiro atoms. The van der Waals surface area contributed by atoms with Crippen LogP contribution in [-0.4, -0.2) is 31.3 Å². The minimum atomic E-state index is 0.643. The number of hydrogen-bond donors (Lipinski definition) is 2. The molecule has 0 radical (unpaired) electrons. The summed E-state index contributed by atoms with van der Waals surface area (Å²) in [5, 5.41) is 3.30. The highest BCUT2D eigenvalue weighted by Crippen LogP contribution is 2.34. The van der Waals surface area contributed by atoms with Crippen LogP contribution in [-0.2, 0) is 13.1 Å². The van der Waals surface area contributed by atoms with E-state index in [4.69, 9.17) is 14.2 Å². The van der Waals surface area contributed by atoms with Crippen LogP contribution < -0.4 is 19.5 Å². The molecule has 0 bridgehead atoms. The summed E-state index contributed by atoms with van der Waals surface area (Å²) in [6.07, 6.45) is 3.53. The Bertz CT molecular complexity index is 541. The van der Waals surface area contributed by atoms with Gasteiger partial charge < -0.3 is 24.5 Å². The summed E-state index contributed by atoms with van der Waals surface area (Å²) in [6.45, 7) is 1.30. The van der Waals surface area contributed by atoms with Gasteiger partial charge in [0.25, 0.3) is 0 Å². The summed E-state index contributed by atoms with van der Waals surface area (Å²) in [7, 11) is 4.85. The van der Waals surface area contributed by atoms with Gasteiger partial charge in [-0.15, -0.1) is 0 Å². The standard InChI is InChI=1S/C14H19N3O3/c1-18-11-7-13(20-3)12(19-2)6-10(11)8-15-9-14-16-4-5-17-14/h4-7,15H,8-9H2,1-3H3,(H,16,17). The van der Waals surface area contributed by atoms with Crippen molar-refractivity contribution < 1.29 is 14.2 Å². The lowest BCUT2D eigenvalue weighted by Gasteiger charge is -2.14. The highest BCUT2D eigenvalue weighted by atomic mass is 16.5. The Morgan fingerprint density at radius 2 is 1.70 bits per heavy atom. The SMILES string of the molecule is COc1cc(OC)c(OC)cc1CNCc1ncc[nH]1. The molecule has 2 rings (SSSR count). The molecule has 6 heteroatoms. The maximum absolute atomic E-state index is 5.38. The van der Waals surface area contributed by atoms with Gasteiger partial charge >= 0.3 is 0 Å². The minimum absolute atomic E-state index is 0.643. The van der Waals surface area contributed by atoms with E-state index in [0.29, 0.717) is 24.6 Å². The fourth-order valence-corrected chi connectivity index (χ4v) is 1.94. The van der Waals surface area contributed by atoms with Crippen molar-refractivity contribution in [1.82, 2.24) is 15.3 Å². The van der Waals surface area contributed by atoms with E-state index in [2.05, 4.69) is 15.3 Å². The van der Waals surface area contributed by atoms with Crippen molar-refractivity contribution in [2.45, 2.75) is 13.1 Å². The summed E-state index contributed by atoms with van der Waals surface area (Å²) in [5.41, 5.74) is 0.997. The van der Waals surface area contributed by atoms with Crippen LogP contribution in [0.3, 0.4) is 0 Å². The topological polar surface area (TPSA) is 68.4 Å². The molecule has 20 heavy (non-hydrogen) atoms. The van der Waals surface area contributed by atoms with Crippen LogP contribution in [0.15, 0.2) is 24.5 Å². The van der Waals surface area contributed by atoms with Gasteiger partial charge in [-0.1, -0.05) is 0 Å². The third-order valence-corrected chi connectivity index (χ3v) is 2.95. The van der Waals surface area contributed by atoms with Gasteiger partial charge in [-0.2, -0.15) is 0 Å². The monoisotopic (exact) mass is 277 g/mol. The quantitative estimate of drug-likeness (QED) is 0.806. The van der Waals surface area contributed by atoms with Crippen LogP contribution in [0.4, 0.5) is 0 Å². The predicted molar refractivity (Wildman–Crippen MR) is 75.2 cm³/mol. The third-order valence-electron chi connectivity index (χ3n) is 2.95. The zero-order chi connectivity index (χ0) is 14.4. The molecule has 0 saturated heterocycles. The van der Waals surface area contributed by atoms with Crippen LogP contribution in [0, 0.1) is 0 Å². The molecule has 0 aliphatic rings. The van der Waals surface area contributed by atoms with Crippen LogP contribution >= 0.6 is 0 Å². The van der Waals surface area contributed by atoms with Crippen molar-refractivity contribution in [2.24, 2.45) is 0 Å². The van der Waals surface area contributed by atoms with Crippen molar-refractivity contribution in [3.63, 3.8) is 0 Å². The third kappa shape index (κ3) is 3.21. The van der Waals surface area contributed by atoms with Gasteiger partial charge in [-0.3, -0.25) is 0 Å². The summed E-state index contributed by atoms with van der Waals surface area (Å²) < 4.78 is 15.9. The van der Waals surface area contributed by atoms with E-state index in [1.54, 1.807) is 33.7 Å². The maximum Gasteiger partial charge on any atom is 0.164 e. The number of hydrogen-bond acceptors (Lipinski definition) is 5. The average molecular weight is 277 g/mol. The van der Waals surface area contributed by atoms with Crippen molar-refractivity contribution in [3.05, 3.63) is 35.9 Å². The zero-order valence-electron chi connectivity index (χ0n) is 11.9. The molecule has 2 aromatic rings. The van der Waals surface area contributed by atoms with Gasteiger partial charge in [-0.05, 0) is 6.07 Å². The van der Waals surface area contributed by atoms with Crippen molar-refractivity contribution >= 4 is 0 Å². The first-order chi connectivity index (χ1) is 9.78. The van der Waals surface area contributed by atoms with Gasteiger partial charge in [0.2, 0.25) is 0 Å². The van der Waals surface area contributed by atoms with Crippen molar-refractivity contribution in [3.8, 4) is 17.2 Å². The molecule has 0 aliphatic heterocycles. The molecule has 2 N–H and O–H groups in total. The number of H-pyrrole nitrogens is 1. The Morgan fingerprint density at radius 1 is 1.00 bits per heavy atom. The molecule has 1 heterocycles. The van der Waals surface area contributed by atoms with E-state index in [1.807, 2.05) is 12.1 Å². The van der Waals surface area contributed by atoms with Gasteiger partial charge in [0.15, 0.2) is 11.5 Å². The predicted octanol–water partition coefficient (Wildman–Crippen LogP) is 1.73. The van der Waals surface area contributed by atoms with Crippen LogP contribution in [0.2, 0.25) is 0 Å². The summed E-state index contributed by atoms with van der Waals surface area (Å²) in [4.78, 5) is 7.20. The fraction of sp³-hybridized carbons (Fsp3) is 0.357. The van der Waals surface area contributed by atoms with E-state index in [0.717, 1.165) is 17.1 Å². The number of rotatable bonds is 7. The molecule has 0 atom stereocenters. The Kier molecular flexibility index (Phi) is 4.84.